The Morgan fingerprint density at radius 2 is 2.17 bits per heavy atom. The molecule has 0 saturated heterocycles. The van der Waals surface area contributed by atoms with Crippen LogP contribution in [0, 0.1) is 10.1 Å². The fraction of sp³-hybridized carbons (Fsp3) is 0.333. The molecule has 0 aliphatic heterocycles. The Morgan fingerprint density at radius 1 is 1.33 bits per heavy atom. The summed E-state index contributed by atoms with van der Waals surface area (Å²) in [4.78, 5) is 22.3. The Kier molecular flexibility index (Phi) is 6.41. The number of carbonyl (C=O) groups is 1. The minimum Gasteiger partial charge on any atom is -0.383 e. The van der Waals surface area contributed by atoms with Gasteiger partial charge in [0.25, 0.3) is 11.6 Å². The summed E-state index contributed by atoms with van der Waals surface area (Å²) in [6, 6.07) is 7.61. The van der Waals surface area contributed by atoms with Crippen molar-refractivity contribution in [3.8, 4) is 5.69 Å². The van der Waals surface area contributed by atoms with Crippen molar-refractivity contribution in [3.63, 3.8) is 0 Å². The number of nitrogens with zero attached hydrogens (tertiary/aromatic N) is 3. The molecule has 0 atom stereocenters. The maximum atomic E-state index is 12.0. The van der Waals surface area contributed by atoms with Crippen LogP contribution < -0.4 is 10.6 Å². The number of ether oxygens (including phenoxy) is 1. The molecule has 9 heteroatoms. The molecule has 128 valence electrons. The van der Waals surface area contributed by atoms with Gasteiger partial charge in [-0.3, -0.25) is 14.9 Å². The van der Waals surface area contributed by atoms with E-state index in [9.17, 15) is 14.9 Å². The van der Waals surface area contributed by atoms with Gasteiger partial charge in [-0.2, -0.15) is 5.10 Å². The Morgan fingerprint density at radius 3 is 2.92 bits per heavy atom. The number of benzene rings is 1. The van der Waals surface area contributed by atoms with Crippen LogP contribution in [-0.4, -0.2) is 54.0 Å². The van der Waals surface area contributed by atoms with Crippen LogP contribution in [0.5, 0.6) is 0 Å². The Balaban J connectivity index is 1.91. The monoisotopic (exact) mass is 333 g/mol. The van der Waals surface area contributed by atoms with E-state index in [2.05, 4.69) is 15.7 Å². The van der Waals surface area contributed by atoms with Gasteiger partial charge in [-0.1, -0.05) is 6.07 Å². The molecule has 0 aliphatic carbocycles. The third-order valence-corrected chi connectivity index (χ3v) is 3.20. The van der Waals surface area contributed by atoms with Crippen molar-refractivity contribution in [1.29, 1.82) is 0 Å². The Labute approximate surface area is 138 Å². The molecule has 0 radical (unpaired) electrons. The van der Waals surface area contributed by atoms with Crippen molar-refractivity contribution in [2.45, 2.75) is 0 Å². The van der Waals surface area contributed by atoms with Gasteiger partial charge in [0.15, 0.2) is 5.69 Å². The number of carbonyl (C=O) groups excluding carboxylic acids is 1. The molecule has 9 nitrogen and oxygen atoms in total. The van der Waals surface area contributed by atoms with Gasteiger partial charge >= 0.3 is 0 Å². The average molecular weight is 333 g/mol. The van der Waals surface area contributed by atoms with Crippen molar-refractivity contribution in [3.05, 3.63) is 52.3 Å². The molecule has 0 saturated carbocycles. The van der Waals surface area contributed by atoms with E-state index in [4.69, 9.17) is 4.74 Å². The second kappa shape index (κ2) is 8.75. The van der Waals surface area contributed by atoms with Crippen molar-refractivity contribution in [1.82, 2.24) is 20.4 Å². The molecule has 2 aromatic rings. The quantitative estimate of drug-likeness (QED) is 0.398. The molecule has 0 aliphatic rings. The number of nitrogens with one attached hydrogen (secondary N) is 2. The zero-order valence-corrected chi connectivity index (χ0v) is 13.3. The van der Waals surface area contributed by atoms with E-state index in [1.807, 2.05) is 0 Å². The minimum absolute atomic E-state index is 0.0314. The lowest BCUT2D eigenvalue weighted by Gasteiger charge is -2.05. The van der Waals surface area contributed by atoms with E-state index in [0.29, 0.717) is 31.9 Å². The van der Waals surface area contributed by atoms with Crippen LogP contribution in [0.25, 0.3) is 5.69 Å². The summed E-state index contributed by atoms with van der Waals surface area (Å²) in [6.07, 6.45) is 1.59. The fourth-order valence-electron chi connectivity index (χ4n) is 1.99. The fourth-order valence-corrected chi connectivity index (χ4v) is 1.99. The molecule has 24 heavy (non-hydrogen) atoms. The molecule has 0 unspecified atom stereocenters. The van der Waals surface area contributed by atoms with Crippen LogP contribution in [0.3, 0.4) is 0 Å². The maximum Gasteiger partial charge on any atom is 0.271 e. The molecule has 0 fully saturated rings. The zero-order valence-electron chi connectivity index (χ0n) is 13.3. The normalized spacial score (nSPS) is 10.5. The summed E-state index contributed by atoms with van der Waals surface area (Å²) in [7, 11) is 1.63. The van der Waals surface area contributed by atoms with Crippen LogP contribution in [0.4, 0.5) is 5.69 Å². The topological polar surface area (TPSA) is 111 Å². The van der Waals surface area contributed by atoms with Gasteiger partial charge in [-0.05, 0) is 12.1 Å². The van der Waals surface area contributed by atoms with Gasteiger partial charge in [-0.15, -0.1) is 0 Å². The van der Waals surface area contributed by atoms with Crippen LogP contribution >= 0.6 is 0 Å². The van der Waals surface area contributed by atoms with E-state index in [-0.39, 0.29) is 17.3 Å². The highest BCUT2D eigenvalue weighted by Gasteiger charge is 2.11. The van der Waals surface area contributed by atoms with Crippen molar-refractivity contribution >= 4 is 11.6 Å². The summed E-state index contributed by atoms with van der Waals surface area (Å²) >= 11 is 0. The number of nitro groups is 1. The largest absolute Gasteiger partial charge is 0.383 e. The van der Waals surface area contributed by atoms with Crippen LogP contribution in [-0.2, 0) is 4.74 Å². The first-order valence-corrected chi connectivity index (χ1v) is 7.40. The van der Waals surface area contributed by atoms with Crippen LogP contribution in [0.2, 0.25) is 0 Å². The first-order chi connectivity index (χ1) is 11.6. The van der Waals surface area contributed by atoms with E-state index >= 15 is 0 Å². The van der Waals surface area contributed by atoms with E-state index in [0.717, 1.165) is 0 Å². The van der Waals surface area contributed by atoms with Crippen molar-refractivity contribution in [2.75, 3.05) is 33.4 Å². The minimum atomic E-state index is -0.475. The lowest BCUT2D eigenvalue weighted by atomic mass is 10.3. The summed E-state index contributed by atoms with van der Waals surface area (Å²) < 4.78 is 6.33. The van der Waals surface area contributed by atoms with E-state index < -0.39 is 4.92 Å². The summed E-state index contributed by atoms with van der Waals surface area (Å²) in [6.45, 7) is 2.42. The molecule has 1 amide bonds. The molecular formula is C15H19N5O4. The van der Waals surface area contributed by atoms with Gasteiger partial charge in [0, 0.05) is 45.1 Å². The highest BCUT2D eigenvalue weighted by atomic mass is 16.6. The number of nitro benzene ring substituents is 1. The first-order valence-electron chi connectivity index (χ1n) is 7.40. The lowest BCUT2D eigenvalue weighted by molar-refractivity contribution is -0.384. The SMILES string of the molecule is COCCNCCNC(=O)c1ccn(-c2cccc([N+](=O)[O-])c2)n1. The second-order valence-electron chi connectivity index (χ2n) is 4.92. The number of hydrogen-bond donors (Lipinski definition) is 2. The smallest absolute Gasteiger partial charge is 0.271 e. The lowest BCUT2D eigenvalue weighted by Crippen LogP contribution is -2.33. The average Bonchev–Trinajstić information content (AvgIpc) is 3.08. The third kappa shape index (κ3) is 4.86. The molecule has 1 heterocycles. The molecule has 1 aromatic carbocycles. The van der Waals surface area contributed by atoms with Gasteiger partial charge < -0.3 is 15.4 Å². The molecular weight excluding hydrogens is 314 g/mol. The van der Waals surface area contributed by atoms with E-state index in [1.54, 1.807) is 31.5 Å². The second-order valence-corrected chi connectivity index (χ2v) is 4.92. The Hall–Kier alpha value is -2.78. The van der Waals surface area contributed by atoms with Crippen LogP contribution in [0.1, 0.15) is 10.5 Å². The number of non-ortho nitro benzene ring substituents is 1. The van der Waals surface area contributed by atoms with Crippen molar-refractivity contribution < 1.29 is 14.5 Å². The van der Waals surface area contributed by atoms with E-state index in [1.165, 1.54) is 16.8 Å². The number of aromatic nitrogens is 2. The molecule has 1 aromatic heterocycles. The van der Waals surface area contributed by atoms with Gasteiger partial charge in [0.2, 0.25) is 0 Å². The Bertz CT molecular complexity index is 701. The summed E-state index contributed by atoms with van der Waals surface area (Å²) in [5.74, 6) is -0.298. The molecule has 0 spiro atoms. The molecule has 2 N–H and O–H groups in total. The van der Waals surface area contributed by atoms with Crippen molar-refractivity contribution in [2.24, 2.45) is 0 Å². The van der Waals surface area contributed by atoms with Gasteiger partial charge in [-0.25, -0.2) is 4.68 Å². The number of rotatable bonds is 9. The number of hydrogen-bond acceptors (Lipinski definition) is 6. The molecule has 2 rings (SSSR count). The van der Waals surface area contributed by atoms with Gasteiger partial charge in [0.05, 0.1) is 17.2 Å². The third-order valence-electron chi connectivity index (χ3n) is 3.20. The highest BCUT2D eigenvalue weighted by molar-refractivity contribution is 5.92. The first kappa shape index (κ1) is 17.6. The van der Waals surface area contributed by atoms with Crippen LogP contribution in [0.15, 0.2) is 36.5 Å². The summed E-state index contributed by atoms with van der Waals surface area (Å²) in [5, 5.41) is 20.8. The maximum absolute atomic E-state index is 12.0. The standard InChI is InChI=1S/C15H19N5O4/c1-24-10-8-16-6-7-17-15(21)14-5-9-19(18-14)12-3-2-4-13(11-12)20(22)23/h2-5,9,11,16H,6-8,10H2,1H3,(H,17,21). The highest BCUT2D eigenvalue weighted by Crippen LogP contribution is 2.16. The number of methoxy groups -OCH3 is 1. The zero-order chi connectivity index (χ0) is 17.4. The molecule has 0 bridgehead atoms. The summed E-state index contributed by atoms with van der Waals surface area (Å²) in [5.41, 5.74) is 0.735. The predicted molar refractivity (Wildman–Crippen MR) is 87.3 cm³/mol. The van der Waals surface area contributed by atoms with Gasteiger partial charge in [0.1, 0.15) is 0 Å². The number of amides is 1. The predicted octanol–water partition coefficient (Wildman–Crippen LogP) is 0.746.